The number of hydrogen-bond acceptors (Lipinski definition) is 5. The van der Waals surface area contributed by atoms with Gasteiger partial charge in [0.25, 0.3) is 5.91 Å². The van der Waals surface area contributed by atoms with Gasteiger partial charge in [0.15, 0.2) is 0 Å². The van der Waals surface area contributed by atoms with Crippen LogP contribution in [0.25, 0.3) is 5.69 Å². The second kappa shape index (κ2) is 9.60. The van der Waals surface area contributed by atoms with Crippen LogP contribution in [0.5, 0.6) is 0 Å². The van der Waals surface area contributed by atoms with Crippen molar-refractivity contribution in [2.24, 2.45) is 10.7 Å². The predicted octanol–water partition coefficient (Wildman–Crippen LogP) is 3.57. The van der Waals surface area contributed by atoms with Gasteiger partial charge in [-0.1, -0.05) is 0 Å². The fourth-order valence-corrected chi connectivity index (χ4v) is 4.66. The van der Waals surface area contributed by atoms with Crippen molar-refractivity contribution in [3.63, 3.8) is 0 Å². The van der Waals surface area contributed by atoms with Crippen LogP contribution in [-0.2, 0) is 0 Å². The summed E-state index contributed by atoms with van der Waals surface area (Å²) >= 11 is 3.37. The van der Waals surface area contributed by atoms with Crippen molar-refractivity contribution < 1.29 is 4.79 Å². The number of benzene rings is 1. The van der Waals surface area contributed by atoms with Gasteiger partial charge in [0.1, 0.15) is 11.5 Å². The van der Waals surface area contributed by atoms with Crippen molar-refractivity contribution in [3.05, 3.63) is 69.2 Å². The van der Waals surface area contributed by atoms with Crippen molar-refractivity contribution in [2.45, 2.75) is 20.8 Å². The number of aliphatic imine (C=N–C) groups is 1. The summed E-state index contributed by atoms with van der Waals surface area (Å²) in [5.41, 5.74) is 19.0. The van der Waals surface area contributed by atoms with Gasteiger partial charge in [-0.2, -0.15) is 0 Å². The number of carbonyl (C=O) groups is 1. The maximum Gasteiger partial charge on any atom is 0.253 e. The number of hydrogen-bond donors (Lipinski definition) is 2. The number of amides is 1. The molecule has 0 saturated carbocycles. The zero-order chi connectivity index (χ0) is 24.6. The molecule has 34 heavy (non-hydrogen) atoms. The van der Waals surface area contributed by atoms with Crippen molar-refractivity contribution in [2.75, 3.05) is 39.0 Å². The molecule has 0 bridgehead atoms. The molecule has 1 aliphatic heterocycles. The summed E-state index contributed by atoms with van der Waals surface area (Å²) in [6, 6.07) is 7.90. The Morgan fingerprint density at radius 2 is 1.79 bits per heavy atom. The number of aromatic nitrogens is 2. The lowest BCUT2D eigenvalue weighted by Gasteiger charge is -2.32. The molecule has 0 unspecified atom stereocenters. The van der Waals surface area contributed by atoms with E-state index in [4.69, 9.17) is 11.5 Å². The highest BCUT2D eigenvalue weighted by molar-refractivity contribution is 9.10. The average molecular weight is 524 g/mol. The number of anilines is 1. The number of piperazine rings is 1. The maximum absolute atomic E-state index is 13.0. The molecule has 2 aromatic heterocycles. The molecule has 1 saturated heterocycles. The molecule has 0 atom stereocenters. The number of amidine groups is 1. The molecule has 0 aliphatic carbocycles. The summed E-state index contributed by atoms with van der Waals surface area (Å²) in [6.07, 6.45) is 3.21. The van der Waals surface area contributed by atoms with Crippen LogP contribution in [0.2, 0.25) is 0 Å². The van der Waals surface area contributed by atoms with Gasteiger partial charge in [0, 0.05) is 60.6 Å². The molecule has 3 heterocycles. The largest absolute Gasteiger partial charge is 0.396 e. The van der Waals surface area contributed by atoms with E-state index in [9.17, 15) is 4.79 Å². The van der Waals surface area contributed by atoms with E-state index >= 15 is 0 Å². The highest BCUT2D eigenvalue weighted by Gasteiger charge is 2.22. The third-order valence-electron chi connectivity index (χ3n) is 6.34. The van der Waals surface area contributed by atoms with Crippen molar-refractivity contribution in [3.8, 4) is 5.69 Å². The Balaban J connectivity index is 1.65. The monoisotopic (exact) mass is 523 g/mol. The van der Waals surface area contributed by atoms with Gasteiger partial charge in [-0.3, -0.25) is 9.78 Å². The fourth-order valence-electron chi connectivity index (χ4n) is 4.34. The molecule has 0 radical (unpaired) electrons. The summed E-state index contributed by atoms with van der Waals surface area (Å²) in [5, 5.41) is 0. The van der Waals surface area contributed by atoms with Crippen LogP contribution in [0.1, 0.15) is 32.9 Å². The van der Waals surface area contributed by atoms with Crippen LogP contribution in [0, 0.1) is 20.8 Å². The minimum Gasteiger partial charge on any atom is -0.396 e. The van der Waals surface area contributed by atoms with E-state index < -0.39 is 0 Å². The highest BCUT2D eigenvalue weighted by Crippen LogP contribution is 2.30. The number of aryl methyl sites for hydroxylation is 2. The van der Waals surface area contributed by atoms with E-state index in [1.807, 2.05) is 49.9 Å². The molecule has 9 heteroatoms. The van der Waals surface area contributed by atoms with Crippen LogP contribution >= 0.6 is 15.9 Å². The van der Waals surface area contributed by atoms with Gasteiger partial charge in [-0.15, -0.1) is 0 Å². The molecule has 178 valence electrons. The smallest absolute Gasteiger partial charge is 0.253 e. The summed E-state index contributed by atoms with van der Waals surface area (Å²) in [5.74, 6) is 0.450. The fraction of sp³-hybridized carbons (Fsp3) is 0.320. The highest BCUT2D eigenvalue weighted by atomic mass is 79.9. The third-order valence-corrected chi connectivity index (χ3v) is 6.97. The molecular formula is C25H30BrN7O. The number of likely N-dealkylation sites (N-methyl/N-ethyl adjacent to an activating group) is 1. The molecule has 0 spiro atoms. The number of rotatable bonds is 4. The molecule has 4 rings (SSSR count). The molecule has 4 N–H and O–H groups in total. The predicted molar refractivity (Wildman–Crippen MR) is 140 cm³/mol. The van der Waals surface area contributed by atoms with Crippen molar-refractivity contribution >= 4 is 39.0 Å². The Morgan fingerprint density at radius 3 is 2.47 bits per heavy atom. The van der Waals surface area contributed by atoms with Gasteiger partial charge in [-0.05, 0) is 73.6 Å². The molecule has 1 aromatic carbocycles. The standard InChI is InChI=1S/C25H30BrN7O/c1-15-11-18(25(34)32-9-7-31(4)8-10-32)5-6-22(15)33-16(2)12-19(17(33)3)24(28)30-21-14-29-13-20(26)23(21)27/h5-6,11-14H,7-10H2,1-4H3,(H2,27,29)(H2,28,30). The minimum atomic E-state index is 0.0842. The quantitative estimate of drug-likeness (QED) is 0.401. The first-order valence-electron chi connectivity index (χ1n) is 11.2. The Labute approximate surface area is 208 Å². The van der Waals surface area contributed by atoms with Crippen molar-refractivity contribution in [1.82, 2.24) is 19.4 Å². The Bertz CT molecular complexity index is 1270. The normalized spacial score (nSPS) is 15.1. The topological polar surface area (TPSA) is 106 Å². The van der Waals surface area contributed by atoms with Crippen LogP contribution in [-0.4, -0.2) is 64.3 Å². The number of halogens is 1. The van der Waals surface area contributed by atoms with E-state index in [-0.39, 0.29) is 5.91 Å². The first-order valence-corrected chi connectivity index (χ1v) is 12.0. The number of nitrogens with zero attached hydrogens (tertiary/aromatic N) is 5. The lowest BCUT2D eigenvalue weighted by Crippen LogP contribution is -2.47. The summed E-state index contributed by atoms with van der Waals surface area (Å²) in [7, 11) is 2.08. The minimum absolute atomic E-state index is 0.0842. The molecule has 1 amide bonds. The summed E-state index contributed by atoms with van der Waals surface area (Å²) in [6.45, 7) is 9.38. The molecule has 8 nitrogen and oxygen atoms in total. The SMILES string of the molecule is Cc1cc(C(=O)N2CCN(C)CC2)ccc1-n1c(C)cc(/C(N)=N/c2cncc(Br)c2N)c1C. The van der Waals surface area contributed by atoms with E-state index in [1.165, 1.54) is 0 Å². The zero-order valence-electron chi connectivity index (χ0n) is 20.0. The van der Waals surface area contributed by atoms with Crippen molar-refractivity contribution in [1.29, 1.82) is 0 Å². The van der Waals surface area contributed by atoms with Crippen LogP contribution in [0.15, 0.2) is 46.1 Å². The second-order valence-corrected chi connectivity index (χ2v) is 9.62. The van der Waals surface area contributed by atoms with E-state index in [2.05, 4.69) is 42.4 Å². The van der Waals surface area contributed by atoms with Gasteiger partial charge >= 0.3 is 0 Å². The molecule has 1 fully saturated rings. The van der Waals surface area contributed by atoms with Gasteiger partial charge < -0.3 is 25.8 Å². The lowest BCUT2D eigenvalue weighted by molar-refractivity contribution is 0.0664. The maximum atomic E-state index is 13.0. The average Bonchev–Trinajstić information content (AvgIpc) is 3.11. The first-order chi connectivity index (χ1) is 16.2. The number of pyridine rings is 1. The van der Waals surface area contributed by atoms with E-state index in [0.29, 0.717) is 27.2 Å². The zero-order valence-corrected chi connectivity index (χ0v) is 21.6. The Morgan fingerprint density at radius 1 is 1.09 bits per heavy atom. The lowest BCUT2D eigenvalue weighted by atomic mass is 10.1. The molecule has 1 aliphatic rings. The Kier molecular flexibility index (Phi) is 6.77. The van der Waals surface area contributed by atoms with Gasteiger partial charge in [0.2, 0.25) is 0 Å². The summed E-state index contributed by atoms with van der Waals surface area (Å²) < 4.78 is 2.81. The van der Waals surface area contributed by atoms with Crippen LogP contribution in [0.4, 0.5) is 11.4 Å². The Hall–Kier alpha value is -3.17. The number of carbonyl (C=O) groups excluding carboxylic acids is 1. The molecule has 3 aromatic rings. The van der Waals surface area contributed by atoms with E-state index in [1.54, 1.807) is 12.4 Å². The van der Waals surface area contributed by atoms with Crippen LogP contribution < -0.4 is 11.5 Å². The third kappa shape index (κ3) is 4.58. The number of nitrogen functional groups attached to an aromatic ring is 1. The van der Waals surface area contributed by atoms with E-state index in [0.717, 1.165) is 54.4 Å². The van der Waals surface area contributed by atoms with Crippen LogP contribution in [0.3, 0.4) is 0 Å². The van der Waals surface area contributed by atoms with Gasteiger partial charge in [0.05, 0.1) is 16.4 Å². The second-order valence-electron chi connectivity index (χ2n) is 8.77. The first kappa shape index (κ1) is 24.0. The number of nitrogens with two attached hydrogens (primary N) is 2. The summed E-state index contributed by atoms with van der Waals surface area (Å²) in [4.78, 5) is 25.8. The van der Waals surface area contributed by atoms with Gasteiger partial charge in [-0.25, -0.2) is 4.99 Å². The molecular weight excluding hydrogens is 494 g/mol.